The van der Waals surface area contributed by atoms with Gasteiger partial charge in [0, 0.05) is 5.69 Å². The number of ether oxygens (including phenoxy) is 2. The van der Waals surface area contributed by atoms with Gasteiger partial charge in [0.1, 0.15) is 11.4 Å². The molecule has 4 rings (SSSR count). The first-order valence-electron chi connectivity index (χ1n) is 9.82. The molecule has 178 valence electrons. The highest BCUT2D eigenvalue weighted by molar-refractivity contribution is 5.54. The second-order valence-corrected chi connectivity index (χ2v) is 7.23. The fourth-order valence-electron chi connectivity index (χ4n) is 3.87. The summed E-state index contributed by atoms with van der Waals surface area (Å²) in [6, 6.07) is 15.3. The predicted octanol–water partition coefficient (Wildman–Crippen LogP) is 4.62. The zero-order valence-corrected chi connectivity index (χ0v) is 18.1. The average molecular weight is 475 g/mol. The van der Waals surface area contributed by atoms with Crippen LogP contribution in [0.2, 0.25) is 0 Å². The summed E-state index contributed by atoms with van der Waals surface area (Å²) in [7, 11) is 0. The van der Waals surface area contributed by atoms with Crippen molar-refractivity contribution in [2.45, 2.75) is 38.0 Å². The molecule has 2 aliphatic rings. The van der Waals surface area contributed by atoms with Crippen LogP contribution in [0, 0.1) is 0 Å². The Morgan fingerprint density at radius 1 is 0.971 bits per heavy atom. The van der Waals surface area contributed by atoms with Gasteiger partial charge in [0.15, 0.2) is 0 Å². The number of hydrogen-bond acceptors (Lipinski definition) is 7. The van der Waals surface area contributed by atoms with Gasteiger partial charge < -0.3 is 14.8 Å². The van der Waals surface area contributed by atoms with Crippen LogP contribution in [0.5, 0.6) is 5.75 Å². The zero-order chi connectivity index (χ0) is 25.4. The van der Waals surface area contributed by atoms with Crippen LogP contribution >= 0.6 is 0 Å². The number of para-hydroxylation sites is 1. The van der Waals surface area contributed by atoms with E-state index in [1.807, 2.05) is 56.3 Å². The van der Waals surface area contributed by atoms with Crippen molar-refractivity contribution < 1.29 is 41.8 Å². The molecule has 0 aliphatic carbocycles. The Kier molecular flexibility index (Phi) is 8.70. The lowest BCUT2D eigenvalue weighted by Crippen LogP contribution is -2.39. The molecule has 2 aromatic carbocycles. The number of rotatable bonds is 5. The van der Waals surface area contributed by atoms with Gasteiger partial charge in [-0.25, -0.2) is 0 Å². The molecule has 2 aliphatic heterocycles. The fourth-order valence-corrected chi connectivity index (χ4v) is 3.87. The van der Waals surface area contributed by atoms with E-state index in [0.717, 1.165) is 16.8 Å². The maximum atomic E-state index is 12.5. The van der Waals surface area contributed by atoms with Crippen LogP contribution in [0.15, 0.2) is 77.9 Å². The van der Waals surface area contributed by atoms with Crippen molar-refractivity contribution in [3.8, 4) is 5.75 Å². The Bertz CT molecular complexity index is 1090. The third-order valence-electron chi connectivity index (χ3n) is 5.41. The lowest BCUT2D eigenvalue weighted by atomic mass is 9.80. The summed E-state index contributed by atoms with van der Waals surface area (Å²) in [6.07, 6.45) is -0.203. The van der Waals surface area contributed by atoms with Gasteiger partial charge in [0.05, 0.1) is 12.1 Å². The largest absolute Gasteiger partial charge is 0.573 e. The molecule has 2 bridgehead atoms. The summed E-state index contributed by atoms with van der Waals surface area (Å²) < 4.78 is 47.8. The molecule has 34 heavy (non-hydrogen) atoms. The monoisotopic (exact) mass is 475 g/mol. The van der Waals surface area contributed by atoms with E-state index >= 15 is 0 Å². The minimum Gasteiger partial charge on any atom is -0.406 e. The van der Waals surface area contributed by atoms with Gasteiger partial charge in [-0.2, -0.15) is 19.2 Å². The molecule has 0 amide bonds. The first kappa shape index (κ1) is 26.3. The Labute approximate surface area is 192 Å². The summed E-state index contributed by atoms with van der Waals surface area (Å²) >= 11 is 0. The van der Waals surface area contributed by atoms with Crippen LogP contribution in [0.1, 0.15) is 25.5 Å². The van der Waals surface area contributed by atoms with Crippen LogP contribution in [0.3, 0.4) is 0 Å². The summed E-state index contributed by atoms with van der Waals surface area (Å²) in [5, 5.41) is 3.50. The molecule has 0 radical (unpaired) electrons. The standard InChI is InChI=1S/C22H20F3NO2.2CO2/c1-14-15(2)21(13-12-19(14)28-21)20(26-17-6-4-3-5-7-17)16-8-10-18(11-9-16)27-22(23,24)25;2*2-1-3/h3-13,19-20,26H,1-2H3;;/t19-,20?,21?;;/m0../s1. The lowest BCUT2D eigenvalue weighted by molar-refractivity contribution is -0.274. The molecule has 7 nitrogen and oxygen atoms in total. The van der Waals surface area contributed by atoms with E-state index in [1.165, 1.54) is 17.7 Å². The first-order valence-corrected chi connectivity index (χ1v) is 9.82. The van der Waals surface area contributed by atoms with Gasteiger partial charge in [0.2, 0.25) is 0 Å². The predicted molar refractivity (Wildman–Crippen MR) is 111 cm³/mol. The van der Waals surface area contributed by atoms with Crippen molar-refractivity contribution in [1.29, 1.82) is 0 Å². The van der Waals surface area contributed by atoms with Crippen LogP contribution < -0.4 is 10.1 Å². The fraction of sp³-hybridized carbons (Fsp3) is 0.250. The average Bonchev–Trinajstić information content (AvgIpc) is 3.33. The number of carbonyl (C=O) groups excluding carboxylic acids is 4. The highest BCUT2D eigenvalue weighted by atomic mass is 19.4. The van der Waals surface area contributed by atoms with Crippen molar-refractivity contribution >= 4 is 18.0 Å². The van der Waals surface area contributed by atoms with E-state index < -0.39 is 12.0 Å². The second kappa shape index (κ2) is 11.2. The molecule has 0 aromatic heterocycles. The first-order chi connectivity index (χ1) is 16.1. The van der Waals surface area contributed by atoms with Crippen LogP contribution in [0.4, 0.5) is 18.9 Å². The van der Waals surface area contributed by atoms with Gasteiger partial charge in [-0.1, -0.05) is 36.4 Å². The van der Waals surface area contributed by atoms with E-state index in [4.69, 9.17) is 23.9 Å². The number of halogens is 3. The molecule has 10 heteroatoms. The highest BCUT2D eigenvalue weighted by Crippen LogP contribution is 2.50. The summed E-state index contributed by atoms with van der Waals surface area (Å²) in [6.45, 7) is 4.09. The minimum absolute atomic E-state index is 0.0621. The van der Waals surface area contributed by atoms with E-state index in [9.17, 15) is 13.2 Å². The maximum Gasteiger partial charge on any atom is 0.573 e. The van der Waals surface area contributed by atoms with Crippen LogP contribution in [-0.2, 0) is 23.9 Å². The van der Waals surface area contributed by atoms with Crippen molar-refractivity contribution in [3.63, 3.8) is 0 Å². The zero-order valence-electron chi connectivity index (χ0n) is 18.1. The van der Waals surface area contributed by atoms with Crippen molar-refractivity contribution in [2.75, 3.05) is 5.32 Å². The molecule has 2 aromatic rings. The number of alkyl halides is 3. The quantitative estimate of drug-likeness (QED) is 0.631. The van der Waals surface area contributed by atoms with Gasteiger partial charge in [-0.3, -0.25) is 0 Å². The minimum atomic E-state index is -4.71. The van der Waals surface area contributed by atoms with Crippen molar-refractivity contribution in [1.82, 2.24) is 0 Å². The summed E-state index contributed by atoms with van der Waals surface area (Å²) in [4.78, 5) is 32.5. The van der Waals surface area contributed by atoms with Crippen LogP contribution in [-0.4, -0.2) is 30.4 Å². The summed E-state index contributed by atoms with van der Waals surface area (Å²) in [5.74, 6) is -0.247. The SMILES string of the molecule is CC1=C(C)C2(C(Nc3ccccc3)c3ccc(OC(F)(F)F)cc3)C=C[C@@H]1O2.O=C=O.O=C=O. The highest BCUT2D eigenvalue weighted by Gasteiger charge is 2.51. The third kappa shape index (κ3) is 6.08. The van der Waals surface area contributed by atoms with Crippen molar-refractivity contribution in [2.24, 2.45) is 0 Å². The number of nitrogens with one attached hydrogen (secondary N) is 1. The maximum absolute atomic E-state index is 12.5. The second-order valence-electron chi connectivity index (χ2n) is 7.23. The van der Waals surface area contributed by atoms with E-state index in [0.29, 0.717) is 0 Å². The topological polar surface area (TPSA) is 98.8 Å². The number of fused-ring (bicyclic) bond motifs is 2. The Hall–Kier alpha value is -3.97. The molecule has 0 spiro atoms. The Balaban J connectivity index is 0.000000618. The Morgan fingerprint density at radius 3 is 2.00 bits per heavy atom. The van der Waals surface area contributed by atoms with Gasteiger partial charge in [-0.05, 0) is 60.9 Å². The molecule has 0 fully saturated rings. The number of benzene rings is 2. The van der Waals surface area contributed by atoms with E-state index in [-0.39, 0.29) is 30.2 Å². The van der Waals surface area contributed by atoms with Gasteiger partial charge in [-0.15, -0.1) is 13.2 Å². The molecular formula is C24H20F3NO6. The molecular weight excluding hydrogens is 455 g/mol. The Morgan fingerprint density at radius 2 is 1.53 bits per heavy atom. The number of hydrogen-bond donors (Lipinski definition) is 1. The normalized spacial score (nSPS) is 20.7. The molecule has 3 atom stereocenters. The molecule has 2 unspecified atom stereocenters. The van der Waals surface area contributed by atoms with Gasteiger partial charge >= 0.3 is 18.7 Å². The van der Waals surface area contributed by atoms with Crippen LogP contribution in [0.25, 0.3) is 0 Å². The van der Waals surface area contributed by atoms with E-state index in [2.05, 4.69) is 10.1 Å². The molecule has 0 saturated carbocycles. The third-order valence-corrected chi connectivity index (χ3v) is 5.41. The molecule has 1 N–H and O–H groups in total. The van der Waals surface area contributed by atoms with Gasteiger partial charge in [0.25, 0.3) is 0 Å². The molecule has 0 saturated heterocycles. The lowest BCUT2D eigenvalue weighted by Gasteiger charge is -2.36. The molecule has 2 heterocycles. The summed E-state index contributed by atoms with van der Waals surface area (Å²) in [5.41, 5.74) is 3.30. The smallest absolute Gasteiger partial charge is 0.406 e. The van der Waals surface area contributed by atoms with E-state index in [1.54, 1.807) is 12.1 Å². The number of anilines is 1. The van der Waals surface area contributed by atoms with Crippen molar-refractivity contribution in [3.05, 3.63) is 83.5 Å².